The number of rotatable bonds is 5. The summed E-state index contributed by atoms with van der Waals surface area (Å²) in [5.41, 5.74) is 1.93. The summed E-state index contributed by atoms with van der Waals surface area (Å²) in [5, 5.41) is 4.35. The van der Waals surface area contributed by atoms with Gasteiger partial charge in [-0.1, -0.05) is 29.3 Å². The van der Waals surface area contributed by atoms with Crippen molar-refractivity contribution < 1.29 is 9.47 Å². The molecule has 0 aromatic heterocycles. The van der Waals surface area contributed by atoms with Gasteiger partial charge in [-0.3, -0.25) is 4.99 Å². The van der Waals surface area contributed by atoms with E-state index in [2.05, 4.69) is 10.3 Å². The molecule has 0 amide bonds. The number of hydrogen-bond acceptors (Lipinski definition) is 4. The average Bonchev–Trinajstić information content (AvgIpc) is 2.63. The SMILES string of the molecule is COc1cc(C2=NCCCN2)ccc1OCc1ccc(Cl)c(Cl)c1. The molecule has 126 valence electrons. The zero-order valence-electron chi connectivity index (χ0n) is 13.3. The van der Waals surface area contributed by atoms with Crippen LogP contribution < -0.4 is 14.8 Å². The summed E-state index contributed by atoms with van der Waals surface area (Å²) < 4.78 is 11.3. The molecule has 0 spiro atoms. The lowest BCUT2D eigenvalue weighted by molar-refractivity contribution is 0.284. The van der Waals surface area contributed by atoms with Crippen molar-refractivity contribution in [2.24, 2.45) is 4.99 Å². The van der Waals surface area contributed by atoms with Crippen molar-refractivity contribution in [1.82, 2.24) is 5.32 Å². The third kappa shape index (κ3) is 3.94. The van der Waals surface area contributed by atoms with Crippen LogP contribution in [0.2, 0.25) is 10.0 Å². The van der Waals surface area contributed by atoms with Crippen LogP contribution in [0, 0.1) is 0 Å². The van der Waals surface area contributed by atoms with Crippen molar-refractivity contribution in [2.75, 3.05) is 20.2 Å². The molecule has 6 heteroatoms. The van der Waals surface area contributed by atoms with Crippen molar-refractivity contribution in [3.8, 4) is 11.5 Å². The van der Waals surface area contributed by atoms with Gasteiger partial charge >= 0.3 is 0 Å². The van der Waals surface area contributed by atoms with Crippen molar-refractivity contribution in [2.45, 2.75) is 13.0 Å². The van der Waals surface area contributed by atoms with Gasteiger partial charge in [0.1, 0.15) is 12.4 Å². The highest BCUT2D eigenvalue weighted by Gasteiger charge is 2.12. The Morgan fingerprint density at radius 1 is 1.08 bits per heavy atom. The van der Waals surface area contributed by atoms with E-state index < -0.39 is 0 Å². The van der Waals surface area contributed by atoms with Crippen molar-refractivity contribution in [1.29, 1.82) is 0 Å². The molecule has 0 atom stereocenters. The third-order valence-electron chi connectivity index (χ3n) is 3.71. The van der Waals surface area contributed by atoms with E-state index in [0.717, 1.165) is 36.5 Å². The van der Waals surface area contributed by atoms with Gasteiger partial charge in [0.2, 0.25) is 0 Å². The van der Waals surface area contributed by atoms with E-state index in [1.54, 1.807) is 19.2 Å². The van der Waals surface area contributed by atoms with Crippen LogP contribution in [-0.2, 0) is 6.61 Å². The van der Waals surface area contributed by atoms with Gasteiger partial charge in [0.05, 0.1) is 17.2 Å². The zero-order chi connectivity index (χ0) is 16.9. The number of hydrogen-bond donors (Lipinski definition) is 1. The van der Waals surface area contributed by atoms with E-state index in [4.69, 9.17) is 32.7 Å². The molecule has 0 unspecified atom stereocenters. The summed E-state index contributed by atoms with van der Waals surface area (Å²) in [5.74, 6) is 2.24. The number of aliphatic imine (C=N–C) groups is 1. The number of nitrogens with one attached hydrogen (secondary N) is 1. The lowest BCUT2D eigenvalue weighted by atomic mass is 10.1. The third-order valence-corrected chi connectivity index (χ3v) is 4.45. The first-order chi connectivity index (χ1) is 11.7. The minimum atomic E-state index is 0.381. The van der Waals surface area contributed by atoms with Crippen molar-refractivity contribution >= 4 is 29.0 Å². The predicted molar refractivity (Wildman–Crippen MR) is 97.8 cm³/mol. The summed E-state index contributed by atoms with van der Waals surface area (Å²) in [6.45, 7) is 2.17. The molecule has 1 N–H and O–H groups in total. The van der Waals surface area contributed by atoms with Crippen molar-refractivity contribution in [3.63, 3.8) is 0 Å². The fourth-order valence-electron chi connectivity index (χ4n) is 2.45. The predicted octanol–water partition coefficient (Wildman–Crippen LogP) is 4.32. The highest BCUT2D eigenvalue weighted by molar-refractivity contribution is 6.42. The van der Waals surface area contributed by atoms with Crippen LogP contribution in [0.1, 0.15) is 17.5 Å². The first-order valence-corrected chi connectivity index (χ1v) is 8.46. The fraction of sp³-hybridized carbons (Fsp3) is 0.278. The molecular formula is C18H18Cl2N2O2. The number of methoxy groups -OCH3 is 1. The Hall–Kier alpha value is -1.91. The van der Waals surface area contributed by atoms with E-state index in [0.29, 0.717) is 28.2 Å². The number of halogens is 2. The topological polar surface area (TPSA) is 42.8 Å². The van der Waals surface area contributed by atoms with Gasteiger partial charge in [-0.15, -0.1) is 0 Å². The second-order valence-corrected chi connectivity index (χ2v) is 6.23. The van der Waals surface area contributed by atoms with Crippen LogP contribution >= 0.6 is 23.2 Å². The van der Waals surface area contributed by atoms with E-state index in [-0.39, 0.29) is 0 Å². The minimum Gasteiger partial charge on any atom is -0.493 e. The normalized spacial score (nSPS) is 13.9. The Morgan fingerprint density at radius 2 is 1.96 bits per heavy atom. The van der Waals surface area contributed by atoms with Crippen LogP contribution in [0.15, 0.2) is 41.4 Å². The first-order valence-electron chi connectivity index (χ1n) is 7.71. The second-order valence-electron chi connectivity index (χ2n) is 5.41. The minimum absolute atomic E-state index is 0.381. The Labute approximate surface area is 151 Å². The molecular weight excluding hydrogens is 347 g/mol. The molecule has 2 aromatic carbocycles. The summed E-state index contributed by atoms with van der Waals surface area (Å²) in [6.07, 6.45) is 1.06. The van der Waals surface area contributed by atoms with Crippen LogP contribution in [0.5, 0.6) is 11.5 Å². The summed E-state index contributed by atoms with van der Waals surface area (Å²) in [6, 6.07) is 11.2. The molecule has 1 aliphatic rings. The number of benzene rings is 2. The fourth-order valence-corrected chi connectivity index (χ4v) is 2.77. The van der Waals surface area contributed by atoms with Crippen LogP contribution in [0.3, 0.4) is 0 Å². The largest absolute Gasteiger partial charge is 0.493 e. The van der Waals surface area contributed by atoms with Crippen LogP contribution in [0.25, 0.3) is 0 Å². The van der Waals surface area contributed by atoms with Gasteiger partial charge < -0.3 is 14.8 Å². The van der Waals surface area contributed by atoms with Crippen LogP contribution in [0.4, 0.5) is 0 Å². The Kier molecular flexibility index (Phi) is 5.48. The molecule has 1 heterocycles. The molecule has 0 aliphatic carbocycles. The lowest BCUT2D eigenvalue weighted by Crippen LogP contribution is -2.30. The molecule has 2 aromatic rings. The van der Waals surface area contributed by atoms with Gasteiger partial charge in [-0.25, -0.2) is 0 Å². The van der Waals surface area contributed by atoms with Gasteiger partial charge in [-0.2, -0.15) is 0 Å². The quantitative estimate of drug-likeness (QED) is 0.858. The van der Waals surface area contributed by atoms with Crippen molar-refractivity contribution in [3.05, 3.63) is 57.6 Å². The van der Waals surface area contributed by atoms with E-state index >= 15 is 0 Å². The molecule has 0 saturated carbocycles. The van der Waals surface area contributed by atoms with Gasteiger partial charge in [-0.05, 0) is 42.3 Å². The molecule has 24 heavy (non-hydrogen) atoms. The Balaban J connectivity index is 1.75. The zero-order valence-corrected chi connectivity index (χ0v) is 14.8. The molecule has 3 rings (SSSR count). The molecule has 4 nitrogen and oxygen atoms in total. The maximum Gasteiger partial charge on any atom is 0.161 e. The smallest absolute Gasteiger partial charge is 0.161 e. The maximum atomic E-state index is 6.03. The van der Waals surface area contributed by atoms with E-state index in [1.807, 2.05) is 24.3 Å². The standard InChI is InChI=1S/C18H18Cl2N2O2/c1-23-17-10-13(18-21-7-2-8-22-18)4-6-16(17)24-11-12-3-5-14(19)15(20)9-12/h3-6,9-10H,2,7-8,11H2,1H3,(H,21,22). The summed E-state index contributed by atoms with van der Waals surface area (Å²) in [7, 11) is 1.63. The average molecular weight is 365 g/mol. The summed E-state index contributed by atoms with van der Waals surface area (Å²) >= 11 is 12.0. The molecule has 0 fully saturated rings. The second kappa shape index (κ2) is 7.77. The Morgan fingerprint density at radius 3 is 2.67 bits per heavy atom. The number of amidine groups is 1. The lowest BCUT2D eigenvalue weighted by Gasteiger charge is -2.17. The summed E-state index contributed by atoms with van der Waals surface area (Å²) in [4.78, 5) is 4.50. The van der Waals surface area contributed by atoms with Gasteiger partial charge in [0.25, 0.3) is 0 Å². The maximum absolute atomic E-state index is 6.03. The number of ether oxygens (including phenoxy) is 2. The van der Waals surface area contributed by atoms with E-state index in [1.165, 1.54) is 0 Å². The highest BCUT2D eigenvalue weighted by Crippen LogP contribution is 2.30. The first kappa shape index (κ1) is 16.9. The highest BCUT2D eigenvalue weighted by atomic mass is 35.5. The molecule has 1 aliphatic heterocycles. The van der Waals surface area contributed by atoms with E-state index in [9.17, 15) is 0 Å². The molecule has 0 bridgehead atoms. The monoisotopic (exact) mass is 364 g/mol. The van der Waals surface area contributed by atoms with Crippen LogP contribution in [-0.4, -0.2) is 26.0 Å². The van der Waals surface area contributed by atoms with Gasteiger partial charge in [0.15, 0.2) is 11.5 Å². The Bertz CT molecular complexity index is 763. The molecule has 0 radical (unpaired) electrons. The van der Waals surface area contributed by atoms with Gasteiger partial charge in [0, 0.05) is 18.7 Å². The molecule has 0 saturated heterocycles. The number of nitrogens with zero attached hydrogens (tertiary/aromatic N) is 1.